The lowest BCUT2D eigenvalue weighted by Gasteiger charge is -2.29. The van der Waals surface area contributed by atoms with Crippen LogP contribution in [0.15, 0.2) is 72.0 Å². The van der Waals surface area contributed by atoms with Crippen molar-refractivity contribution in [2.75, 3.05) is 23.3 Å². The molecule has 16 heteroatoms. The standard InChI is InChI=1S/C34H34ClF3N8O4/c35-29-9-7-21(14-28(29)34(36,37)38)18-40-43-33(50)27-17-26(45-11-2-1-3-12-45)8-10-30(27)41-32(49)23-6-4-5-22(13-23)19-46-20-25(42-44-46)15-24(39)16-31(47)48/h4-10,13-14,17-18,20,24H,1-3,11-12,15-16,19,39H2,(H,41,49)(H,43,50)(H,47,48). The molecule has 2 heterocycles. The molecule has 0 bridgehead atoms. The van der Waals surface area contributed by atoms with Gasteiger partial charge in [0.25, 0.3) is 11.8 Å². The molecule has 1 saturated heterocycles. The molecule has 1 aromatic heterocycles. The van der Waals surface area contributed by atoms with Gasteiger partial charge in [0.15, 0.2) is 0 Å². The number of carbonyl (C=O) groups is 3. The molecule has 0 saturated carbocycles. The normalized spacial score (nSPS) is 14.1. The quantitative estimate of drug-likeness (QED) is 0.113. The number of halogens is 4. The fraction of sp³-hybridized carbons (Fsp3) is 0.294. The number of piperidine rings is 1. The van der Waals surface area contributed by atoms with E-state index >= 15 is 0 Å². The highest BCUT2D eigenvalue weighted by atomic mass is 35.5. The van der Waals surface area contributed by atoms with Crippen molar-refractivity contribution in [3.8, 4) is 0 Å². The van der Waals surface area contributed by atoms with Crippen LogP contribution in [0.5, 0.6) is 0 Å². The summed E-state index contributed by atoms with van der Waals surface area (Å²) in [6, 6.07) is 14.5. The van der Waals surface area contributed by atoms with E-state index in [1.807, 2.05) is 6.07 Å². The Hall–Kier alpha value is -5.28. The van der Waals surface area contributed by atoms with E-state index in [0.717, 1.165) is 62.0 Å². The molecule has 4 aromatic rings. The first-order valence-corrected chi connectivity index (χ1v) is 16.1. The van der Waals surface area contributed by atoms with E-state index in [4.69, 9.17) is 22.4 Å². The Bertz CT molecular complexity index is 1890. The number of benzene rings is 3. The van der Waals surface area contributed by atoms with Crippen LogP contribution in [-0.2, 0) is 23.9 Å². The van der Waals surface area contributed by atoms with E-state index in [2.05, 4.69) is 31.1 Å². The number of hydrazone groups is 1. The summed E-state index contributed by atoms with van der Waals surface area (Å²) < 4.78 is 41.4. The summed E-state index contributed by atoms with van der Waals surface area (Å²) in [7, 11) is 0. The number of hydrogen-bond donors (Lipinski definition) is 4. The van der Waals surface area contributed by atoms with Crippen LogP contribution in [0.4, 0.5) is 24.5 Å². The SMILES string of the molecule is NC(CC(=O)O)Cc1cn(Cc2cccc(C(=O)Nc3ccc(N4CCCCC4)cc3C(=O)NN=Cc3ccc(Cl)c(C(F)(F)F)c3)c2)nn1. The maximum absolute atomic E-state index is 13.5. The Labute approximate surface area is 290 Å². The number of carbonyl (C=O) groups excluding carboxylic acids is 2. The fourth-order valence-electron chi connectivity index (χ4n) is 5.51. The van der Waals surface area contributed by atoms with Crippen LogP contribution in [0.25, 0.3) is 0 Å². The number of aliphatic carboxylic acids is 1. The van der Waals surface area contributed by atoms with Crippen LogP contribution in [0.2, 0.25) is 5.02 Å². The number of nitrogens with one attached hydrogen (secondary N) is 2. The molecule has 1 fully saturated rings. The number of alkyl halides is 3. The van der Waals surface area contributed by atoms with Crippen molar-refractivity contribution in [1.29, 1.82) is 0 Å². The number of aromatic nitrogens is 3. The molecule has 50 heavy (non-hydrogen) atoms. The van der Waals surface area contributed by atoms with Crippen molar-refractivity contribution < 1.29 is 32.7 Å². The van der Waals surface area contributed by atoms with Gasteiger partial charge in [-0.2, -0.15) is 18.3 Å². The molecule has 5 rings (SSSR count). The van der Waals surface area contributed by atoms with Crippen LogP contribution in [0.3, 0.4) is 0 Å². The molecule has 1 aliphatic rings. The summed E-state index contributed by atoms with van der Waals surface area (Å²) in [5, 5.41) is 23.3. The van der Waals surface area contributed by atoms with Crippen molar-refractivity contribution in [1.82, 2.24) is 20.4 Å². The molecule has 2 amide bonds. The molecule has 262 valence electrons. The first kappa shape index (κ1) is 36.0. The molecular weight excluding hydrogens is 677 g/mol. The van der Waals surface area contributed by atoms with Crippen LogP contribution in [-0.4, -0.2) is 63.2 Å². The van der Waals surface area contributed by atoms with E-state index in [-0.39, 0.29) is 36.2 Å². The predicted octanol–water partition coefficient (Wildman–Crippen LogP) is 5.35. The summed E-state index contributed by atoms with van der Waals surface area (Å²) in [5.74, 6) is -2.17. The number of rotatable bonds is 12. The number of anilines is 2. The summed E-state index contributed by atoms with van der Waals surface area (Å²) in [5.41, 5.74) is 9.92. The number of carboxylic acids is 1. The minimum atomic E-state index is -4.66. The Morgan fingerprint density at radius 2 is 1.82 bits per heavy atom. The molecular formula is C34H34ClF3N8O4. The van der Waals surface area contributed by atoms with Gasteiger partial charge in [-0.05, 0) is 72.9 Å². The number of nitrogens with zero attached hydrogens (tertiary/aromatic N) is 5. The van der Waals surface area contributed by atoms with Crippen molar-refractivity contribution >= 4 is 47.0 Å². The highest BCUT2D eigenvalue weighted by Gasteiger charge is 2.33. The first-order valence-electron chi connectivity index (χ1n) is 15.7. The summed E-state index contributed by atoms with van der Waals surface area (Å²) in [4.78, 5) is 39.9. The molecule has 5 N–H and O–H groups in total. The zero-order valence-corrected chi connectivity index (χ0v) is 27.4. The smallest absolute Gasteiger partial charge is 0.417 e. The Kier molecular flexibility index (Phi) is 11.5. The third-order valence-electron chi connectivity index (χ3n) is 7.92. The first-order chi connectivity index (χ1) is 23.9. The molecule has 1 aliphatic heterocycles. The van der Waals surface area contributed by atoms with E-state index in [1.54, 1.807) is 47.3 Å². The lowest BCUT2D eigenvalue weighted by Crippen LogP contribution is -2.30. The van der Waals surface area contributed by atoms with Gasteiger partial charge in [-0.15, -0.1) is 5.10 Å². The zero-order chi connectivity index (χ0) is 35.8. The minimum Gasteiger partial charge on any atom is -0.481 e. The average Bonchev–Trinajstić information content (AvgIpc) is 3.51. The summed E-state index contributed by atoms with van der Waals surface area (Å²) in [6.45, 7) is 1.88. The van der Waals surface area contributed by atoms with Crippen molar-refractivity contribution in [3.63, 3.8) is 0 Å². The number of nitrogens with two attached hydrogens (primary N) is 1. The van der Waals surface area contributed by atoms with Crippen LogP contribution in [0, 0.1) is 0 Å². The second kappa shape index (κ2) is 16.0. The average molecular weight is 711 g/mol. The minimum absolute atomic E-state index is 0.0707. The van der Waals surface area contributed by atoms with Crippen molar-refractivity contribution in [2.45, 2.75) is 50.9 Å². The number of carboxylic acid groups (broad SMARTS) is 1. The van der Waals surface area contributed by atoms with Crippen molar-refractivity contribution in [2.24, 2.45) is 10.8 Å². The molecule has 3 aromatic carbocycles. The Morgan fingerprint density at radius 1 is 1.04 bits per heavy atom. The van der Waals surface area contributed by atoms with Crippen LogP contribution in [0.1, 0.15) is 68.8 Å². The van der Waals surface area contributed by atoms with E-state index in [0.29, 0.717) is 11.3 Å². The van der Waals surface area contributed by atoms with Gasteiger partial charge in [0.2, 0.25) is 0 Å². The Balaban J connectivity index is 1.32. The summed E-state index contributed by atoms with van der Waals surface area (Å²) >= 11 is 5.70. The van der Waals surface area contributed by atoms with Crippen LogP contribution < -0.4 is 21.4 Å². The van der Waals surface area contributed by atoms with Gasteiger partial charge in [0.05, 0.1) is 46.7 Å². The molecule has 0 aliphatic carbocycles. The predicted molar refractivity (Wildman–Crippen MR) is 181 cm³/mol. The number of hydrogen-bond acceptors (Lipinski definition) is 8. The van der Waals surface area contributed by atoms with Gasteiger partial charge in [0.1, 0.15) is 0 Å². The Morgan fingerprint density at radius 3 is 2.56 bits per heavy atom. The molecule has 12 nitrogen and oxygen atoms in total. The van der Waals surface area contributed by atoms with Gasteiger partial charge >= 0.3 is 12.1 Å². The lowest BCUT2D eigenvalue weighted by molar-refractivity contribution is -0.138. The summed E-state index contributed by atoms with van der Waals surface area (Å²) in [6.07, 6.45) is 1.21. The van der Waals surface area contributed by atoms with Gasteiger partial charge in [0, 0.05) is 43.0 Å². The fourth-order valence-corrected chi connectivity index (χ4v) is 5.74. The van der Waals surface area contributed by atoms with Crippen LogP contribution >= 0.6 is 11.6 Å². The van der Waals surface area contributed by atoms with Gasteiger partial charge in [-0.25, -0.2) is 10.1 Å². The molecule has 1 unspecified atom stereocenters. The topological polar surface area (TPSA) is 168 Å². The third-order valence-corrected chi connectivity index (χ3v) is 8.25. The highest BCUT2D eigenvalue weighted by molar-refractivity contribution is 6.31. The second-order valence-corrected chi connectivity index (χ2v) is 12.2. The van der Waals surface area contributed by atoms with Gasteiger partial charge < -0.3 is 21.1 Å². The van der Waals surface area contributed by atoms with E-state index < -0.39 is 40.6 Å². The maximum Gasteiger partial charge on any atom is 0.417 e. The zero-order valence-electron chi connectivity index (χ0n) is 26.7. The monoisotopic (exact) mass is 710 g/mol. The van der Waals surface area contributed by atoms with E-state index in [1.165, 1.54) is 6.07 Å². The molecule has 1 atom stereocenters. The number of amides is 2. The largest absolute Gasteiger partial charge is 0.481 e. The lowest BCUT2D eigenvalue weighted by atomic mass is 10.1. The highest BCUT2D eigenvalue weighted by Crippen LogP contribution is 2.35. The molecule has 0 spiro atoms. The van der Waals surface area contributed by atoms with Crippen molar-refractivity contribution in [3.05, 3.63) is 105 Å². The van der Waals surface area contributed by atoms with Gasteiger partial charge in [-0.3, -0.25) is 14.4 Å². The molecule has 0 radical (unpaired) electrons. The van der Waals surface area contributed by atoms with E-state index in [9.17, 15) is 27.6 Å². The second-order valence-electron chi connectivity index (χ2n) is 11.8. The van der Waals surface area contributed by atoms with Gasteiger partial charge in [-0.1, -0.05) is 35.0 Å². The maximum atomic E-state index is 13.5. The third kappa shape index (κ3) is 9.66.